The second-order valence-corrected chi connectivity index (χ2v) is 5.95. The highest BCUT2D eigenvalue weighted by Crippen LogP contribution is 2.28. The molecule has 1 aliphatic heterocycles. The maximum atomic E-state index is 12.9. The van der Waals surface area contributed by atoms with E-state index in [0.29, 0.717) is 24.6 Å². The number of rotatable bonds is 5. The van der Waals surface area contributed by atoms with Gasteiger partial charge in [-0.05, 0) is 38.8 Å². The number of likely N-dealkylation sites (tertiary alicyclic amines) is 1. The van der Waals surface area contributed by atoms with Crippen molar-refractivity contribution in [2.45, 2.75) is 39.2 Å². The van der Waals surface area contributed by atoms with Crippen LogP contribution < -0.4 is 4.74 Å². The van der Waals surface area contributed by atoms with Crippen LogP contribution in [-0.2, 0) is 6.54 Å². The van der Waals surface area contributed by atoms with Crippen LogP contribution in [0.2, 0.25) is 0 Å². The van der Waals surface area contributed by atoms with Gasteiger partial charge in [0.2, 0.25) is 5.88 Å². The van der Waals surface area contributed by atoms with Crippen molar-refractivity contribution >= 4 is 5.91 Å². The van der Waals surface area contributed by atoms with Gasteiger partial charge in [-0.3, -0.25) is 4.79 Å². The van der Waals surface area contributed by atoms with Crippen LogP contribution in [0.4, 0.5) is 0 Å². The number of piperidine rings is 1. The SMILES string of the molecule is CCOc1ncccc1C(=O)N1CCCC(c2nccn2CC)C1. The number of amides is 1. The van der Waals surface area contributed by atoms with E-state index in [1.807, 2.05) is 24.2 Å². The summed E-state index contributed by atoms with van der Waals surface area (Å²) >= 11 is 0. The Morgan fingerprint density at radius 1 is 1.33 bits per heavy atom. The van der Waals surface area contributed by atoms with Gasteiger partial charge in [0.05, 0.1) is 6.61 Å². The first-order valence-electron chi connectivity index (χ1n) is 8.62. The molecule has 6 heteroatoms. The highest BCUT2D eigenvalue weighted by molar-refractivity contribution is 5.96. The van der Waals surface area contributed by atoms with Crippen molar-refractivity contribution in [2.24, 2.45) is 0 Å². The van der Waals surface area contributed by atoms with E-state index >= 15 is 0 Å². The smallest absolute Gasteiger partial charge is 0.259 e. The lowest BCUT2D eigenvalue weighted by atomic mass is 9.96. The van der Waals surface area contributed by atoms with E-state index in [4.69, 9.17) is 4.74 Å². The number of nitrogens with zero attached hydrogens (tertiary/aromatic N) is 4. The fourth-order valence-corrected chi connectivity index (χ4v) is 3.30. The molecule has 0 aromatic carbocycles. The second-order valence-electron chi connectivity index (χ2n) is 5.95. The summed E-state index contributed by atoms with van der Waals surface area (Å²) in [5, 5.41) is 0. The third-order valence-corrected chi connectivity index (χ3v) is 4.44. The summed E-state index contributed by atoms with van der Waals surface area (Å²) in [6.45, 7) is 6.86. The second kappa shape index (κ2) is 7.47. The third kappa shape index (κ3) is 3.27. The van der Waals surface area contributed by atoms with Crippen LogP contribution >= 0.6 is 0 Å². The Labute approximate surface area is 142 Å². The molecular formula is C18H24N4O2. The predicted molar refractivity (Wildman–Crippen MR) is 91.2 cm³/mol. The monoisotopic (exact) mass is 328 g/mol. The van der Waals surface area contributed by atoms with Crippen molar-refractivity contribution in [1.29, 1.82) is 0 Å². The molecule has 2 aromatic rings. The summed E-state index contributed by atoms with van der Waals surface area (Å²) in [5.41, 5.74) is 0.541. The molecular weight excluding hydrogens is 304 g/mol. The number of pyridine rings is 1. The predicted octanol–water partition coefficient (Wildman–Crippen LogP) is 2.72. The van der Waals surface area contributed by atoms with Gasteiger partial charge in [0.1, 0.15) is 11.4 Å². The third-order valence-electron chi connectivity index (χ3n) is 4.44. The van der Waals surface area contributed by atoms with Crippen LogP contribution in [0.5, 0.6) is 5.88 Å². The van der Waals surface area contributed by atoms with Gasteiger partial charge in [-0.2, -0.15) is 0 Å². The van der Waals surface area contributed by atoms with Crippen LogP contribution in [0.3, 0.4) is 0 Å². The van der Waals surface area contributed by atoms with E-state index in [2.05, 4.69) is 21.5 Å². The van der Waals surface area contributed by atoms with E-state index in [1.165, 1.54) is 0 Å². The molecule has 0 radical (unpaired) electrons. The molecule has 3 rings (SSSR count). The first kappa shape index (κ1) is 16.5. The molecule has 1 atom stereocenters. The molecule has 1 fully saturated rings. The summed E-state index contributed by atoms with van der Waals surface area (Å²) < 4.78 is 7.67. The van der Waals surface area contributed by atoms with Crippen molar-refractivity contribution in [1.82, 2.24) is 19.4 Å². The lowest BCUT2D eigenvalue weighted by molar-refractivity contribution is 0.0698. The number of aromatic nitrogens is 3. The molecule has 0 N–H and O–H groups in total. The molecule has 0 bridgehead atoms. The van der Waals surface area contributed by atoms with E-state index < -0.39 is 0 Å². The van der Waals surface area contributed by atoms with Gasteiger partial charge >= 0.3 is 0 Å². The number of carbonyl (C=O) groups excluding carboxylic acids is 1. The van der Waals surface area contributed by atoms with Crippen molar-refractivity contribution in [3.05, 3.63) is 42.1 Å². The van der Waals surface area contributed by atoms with Crippen LogP contribution in [0.25, 0.3) is 0 Å². The molecule has 3 heterocycles. The van der Waals surface area contributed by atoms with Gasteiger partial charge < -0.3 is 14.2 Å². The van der Waals surface area contributed by atoms with E-state index in [-0.39, 0.29) is 11.8 Å². The fourth-order valence-electron chi connectivity index (χ4n) is 3.30. The van der Waals surface area contributed by atoms with Crippen molar-refractivity contribution in [3.8, 4) is 5.88 Å². The number of hydrogen-bond donors (Lipinski definition) is 0. The normalized spacial score (nSPS) is 17.8. The maximum Gasteiger partial charge on any atom is 0.259 e. The average Bonchev–Trinajstić information content (AvgIpc) is 3.11. The lowest BCUT2D eigenvalue weighted by Crippen LogP contribution is -2.40. The summed E-state index contributed by atoms with van der Waals surface area (Å²) in [6, 6.07) is 3.57. The number of imidazole rings is 1. The Hall–Kier alpha value is -2.37. The Morgan fingerprint density at radius 3 is 3.00 bits per heavy atom. The maximum absolute atomic E-state index is 12.9. The van der Waals surface area contributed by atoms with Gasteiger partial charge in [0, 0.05) is 44.1 Å². The molecule has 6 nitrogen and oxygen atoms in total. The Kier molecular flexibility index (Phi) is 5.13. The van der Waals surface area contributed by atoms with Gasteiger partial charge in [-0.1, -0.05) is 0 Å². The molecule has 1 saturated heterocycles. The zero-order valence-corrected chi connectivity index (χ0v) is 14.3. The lowest BCUT2D eigenvalue weighted by Gasteiger charge is -2.32. The largest absolute Gasteiger partial charge is 0.477 e. The van der Waals surface area contributed by atoms with Crippen molar-refractivity contribution in [3.63, 3.8) is 0 Å². The van der Waals surface area contributed by atoms with E-state index in [1.54, 1.807) is 18.3 Å². The number of ether oxygens (including phenoxy) is 1. The van der Waals surface area contributed by atoms with Gasteiger partial charge in [0.25, 0.3) is 5.91 Å². The Balaban J connectivity index is 1.79. The summed E-state index contributed by atoms with van der Waals surface area (Å²) in [7, 11) is 0. The molecule has 24 heavy (non-hydrogen) atoms. The first-order chi connectivity index (χ1) is 11.7. The van der Waals surface area contributed by atoms with Gasteiger partial charge in [0.15, 0.2) is 0 Å². The molecule has 2 aromatic heterocycles. The highest BCUT2D eigenvalue weighted by Gasteiger charge is 2.29. The molecule has 1 aliphatic rings. The Bertz CT molecular complexity index is 698. The van der Waals surface area contributed by atoms with Crippen LogP contribution in [0.1, 0.15) is 48.8 Å². The zero-order chi connectivity index (χ0) is 16.9. The van der Waals surface area contributed by atoms with Gasteiger partial charge in [-0.25, -0.2) is 9.97 Å². The van der Waals surface area contributed by atoms with Crippen LogP contribution in [0, 0.1) is 0 Å². The Morgan fingerprint density at radius 2 is 2.21 bits per heavy atom. The molecule has 128 valence electrons. The standard InChI is InChI=1S/C18H24N4O2/c1-3-21-12-10-19-16(21)14-7-6-11-22(13-14)18(23)15-8-5-9-20-17(15)24-4-2/h5,8-10,12,14H,3-4,6-7,11,13H2,1-2H3. The summed E-state index contributed by atoms with van der Waals surface area (Å²) in [5.74, 6) is 1.77. The van der Waals surface area contributed by atoms with E-state index in [9.17, 15) is 4.79 Å². The van der Waals surface area contributed by atoms with Crippen LogP contribution in [-0.4, -0.2) is 45.0 Å². The fraction of sp³-hybridized carbons (Fsp3) is 0.500. The number of hydrogen-bond acceptors (Lipinski definition) is 4. The molecule has 1 amide bonds. The minimum atomic E-state index is -0.00847. The number of carbonyl (C=O) groups is 1. The quantitative estimate of drug-likeness (QED) is 0.847. The molecule has 0 aliphatic carbocycles. The van der Waals surface area contributed by atoms with Crippen molar-refractivity contribution in [2.75, 3.05) is 19.7 Å². The molecule has 0 spiro atoms. The molecule has 0 saturated carbocycles. The average molecular weight is 328 g/mol. The minimum Gasteiger partial charge on any atom is -0.477 e. The highest BCUT2D eigenvalue weighted by atomic mass is 16.5. The molecule has 1 unspecified atom stereocenters. The van der Waals surface area contributed by atoms with Crippen molar-refractivity contribution < 1.29 is 9.53 Å². The first-order valence-corrected chi connectivity index (χ1v) is 8.62. The van der Waals surface area contributed by atoms with Crippen LogP contribution in [0.15, 0.2) is 30.7 Å². The van der Waals surface area contributed by atoms with E-state index in [0.717, 1.165) is 31.8 Å². The zero-order valence-electron chi connectivity index (χ0n) is 14.3. The summed E-state index contributed by atoms with van der Waals surface area (Å²) in [4.78, 5) is 23.6. The number of aryl methyl sites for hydroxylation is 1. The summed E-state index contributed by atoms with van der Waals surface area (Å²) in [6.07, 6.45) is 7.54. The van der Waals surface area contributed by atoms with Gasteiger partial charge in [-0.15, -0.1) is 0 Å². The topological polar surface area (TPSA) is 60.2 Å². The minimum absolute atomic E-state index is 0.00847.